The van der Waals surface area contributed by atoms with E-state index in [-0.39, 0.29) is 17.5 Å². The molecule has 0 bridgehead atoms. The van der Waals surface area contributed by atoms with Crippen LogP contribution in [0.15, 0.2) is 86.1 Å². The zero-order chi connectivity index (χ0) is 28.9. The number of rotatable bonds is 7. The van der Waals surface area contributed by atoms with Gasteiger partial charge in [0.15, 0.2) is 0 Å². The van der Waals surface area contributed by atoms with E-state index < -0.39 is 6.36 Å². The summed E-state index contributed by atoms with van der Waals surface area (Å²) in [6.45, 7) is 6.03. The summed E-state index contributed by atoms with van der Waals surface area (Å²) < 4.78 is 42.0. The van der Waals surface area contributed by atoms with Gasteiger partial charge in [0.25, 0.3) is 0 Å². The molecule has 40 heavy (non-hydrogen) atoms. The van der Waals surface area contributed by atoms with Crippen LogP contribution in [0.4, 0.5) is 24.5 Å². The van der Waals surface area contributed by atoms with Crippen molar-refractivity contribution in [1.82, 2.24) is 4.68 Å². The Bertz CT molecular complexity index is 1630. The van der Waals surface area contributed by atoms with Gasteiger partial charge in [-0.1, -0.05) is 53.3 Å². The molecule has 206 valence electrons. The molecule has 1 aromatic heterocycles. The molecule has 1 heterocycles. The predicted octanol–water partition coefficient (Wildman–Crippen LogP) is 6.26. The second kappa shape index (κ2) is 12.0. The molecule has 8 nitrogen and oxygen atoms in total. The first-order valence-corrected chi connectivity index (χ1v) is 12.7. The maximum absolute atomic E-state index is 12.3. The smallest absolute Gasteiger partial charge is 0.493 e. The number of ether oxygens (including phenoxy) is 1. The zero-order valence-electron chi connectivity index (χ0n) is 21.7. The molecule has 0 aliphatic rings. The fourth-order valence-electron chi connectivity index (χ4n) is 3.76. The molecule has 0 radical (unpaired) electrons. The van der Waals surface area contributed by atoms with Crippen LogP contribution in [0.1, 0.15) is 27.8 Å². The van der Waals surface area contributed by atoms with Gasteiger partial charge in [-0.05, 0) is 61.7 Å². The Hall–Kier alpha value is -4.71. The molecular formula is C28H25F3N6O2S. The van der Waals surface area contributed by atoms with Crippen molar-refractivity contribution >= 4 is 41.1 Å². The van der Waals surface area contributed by atoms with E-state index in [2.05, 4.69) is 32.0 Å². The Labute approximate surface area is 232 Å². The van der Waals surface area contributed by atoms with Crippen LogP contribution in [0.5, 0.6) is 11.6 Å². The van der Waals surface area contributed by atoms with E-state index in [1.807, 2.05) is 20.8 Å². The Morgan fingerprint density at radius 2 is 1.65 bits per heavy atom. The summed E-state index contributed by atoms with van der Waals surface area (Å²) in [6.07, 6.45) is -1.96. The van der Waals surface area contributed by atoms with Gasteiger partial charge in [0, 0.05) is 5.56 Å². The lowest BCUT2D eigenvalue weighted by molar-refractivity contribution is -0.274. The molecule has 12 heteroatoms. The van der Waals surface area contributed by atoms with Crippen LogP contribution in [0.2, 0.25) is 0 Å². The Morgan fingerprint density at radius 1 is 1.00 bits per heavy atom. The number of nitrogens with two attached hydrogens (primary N) is 1. The SMILES string of the molecule is Cc1cc(C)c(N=c2scc(O)n2/N=C\c2ccc(C(N)=NC=Nc3ccc(OC(F)(F)F)cc3)cc2)c(C)c1. The molecule has 4 aromatic rings. The number of aryl methyl sites for hydroxylation is 3. The number of aromatic hydroxyl groups is 1. The standard InChI is InChI=1S/C28H25F3N6O2S/c1-17-12-18(2)25(19(3)13-17)36-27-37(24(38)15-40-27)35-14-20-4-6-21(7-5-20)26(32)34-16-33-22-8-10-23(11-9-22)39-28(29,30)31/h4-16,38H,1-3H3,(H2,32,33,34)/b35-14-,36-27?. The topological polar surface area (TPSA) is 110 Å². The minimum Gasteiger partial charge on any atom is -0.493 e. The monoisotopic (exact) mass is 566 g/mol. The fourth-order valence-corrected chi connectivity index (χ4v) is 4.46. The van der Waals surface area contributed by atoms with Crippen LogP contribution < -0.4 is 15.3 Å². The van der Waals surface area contributed by atoms with Crippen molar-refractivity contribution < 1.29 is 23.0 Å². The molecule has 0 unspecified atom stereocenters. The van der Waals surface area contributed by atoms with Crippen molar-refractivity contribution in [3.05, 3.63) is 98.7 Å². The maximum atomic E-state index is 12.3. The third kappa shape index (κ3) is 7.44. The van der Waals surface area contributed by atoms with Gasteiger partial charge >= 0.3 is 6.36 Å². The molecule has 0 saturated heterocycles. The van der Waals surface area contributed by atoms with Crippen LogP contribution in [-0.2, 0) is 0 Å². The van der Waals surface area contributed by atoms with Crippen LogP contribution in [0.3, 0.4) is 0 Å². The summed E-state index contributed by atoms with van der Waals surface area (Å²) in [5.74, 6) is -0.177. The highest BCUT2D eigenvalue weighted by molar-refractivity contribution is 7.07. The molecule has 0 atom stereocenters. The van der Waals surface area contributed by atoms with Crippen LogP contribution in [0, 0.1) is 20.8 Å². The highest BCUT2D eigenvalue weighted by Gasteiger charge is 2.30. The second-order valence-electron chi connectivity index (χ2n) is 8.71. The molecule has 0 saturated carbocycles. The highest BCUT2D eigenvalue weighted by Crippen LogP contribution is 2.26. The van der Waals surface area contributed by atoms with Gasteiger partial charge in [-0.2, -0.15) is 9.78 Å². The molecule has 0 aliphatic heterocycles. The van der Waals surface area contributed by atoms with Crippen molar-refractivity contribution in [2.75, 3.05) is 0 Å². The van der Waals surface area contributed by atoms with E-state index in [1.165, 1.54) is 34.5 Å². The van der Waals surface area contributed by atoms with E-state index in [1.54, 1.807) is 35.9 Å². The van der Waals surface area contributed by atoms with Crippen LogP contribution in [-0.4, -0.2) is 34.5 Å². The first kappa shape index (κ1) is 28.3. The van der Waals surface area contributed by atoms with Gasteiger partial charge in [0.1, 0.15) is 17.9 Å². The molecule has 0 aliphatic carbocycles. The predicted molar refractivity (Wildman–Crippen MR) is 151 cm³/mol. The van der Waals surface area contributed by atoms with Gasteiger partial charge in [-0.15, -0.1) is 13.2 Å². The lowest BCUT2D eigenvalue weighted by atomic mass is 10.1. The zero-order valence-corrected chi connectivity index (χ0v) is 22.5. The number of hydrogen-bond donors (Lipinski definition) is 2. The number of amidine groups is 1. The Morgan fingerprint density at radius 3 is 2.27 bits per heavy atom. The number of thiazole rings is 1. The number of aromatic nitrogens is 1. The lowest BCUT2D eigenvalue weighted by Crippen LogP contribution is -2.16. The Balaban J connectivity index is 1.46. The minimum absolute atomic E-state index is 0.0304. The molecule has 0 amide bonds. The number of alkyl halides is 3. The number of benzene rings is 3. The summed E-state index contributed by atoms with van der Waals surface area (Å²) in [6, 6.07) is 16.2. The lowest BCUT2D eigenvalue weighted by Gasteiger charge is -2.08. The molecule has 0 spiro atoms. The van der Waals surface area contributed by atoms with Gasteiger partial charge in [0.2, 0.25) is 10.7 Å². The summed E-state index contributed by atoms with van der Waals surface area (Å²) in [4.78, 5) is 13.4. The summed E-state index contributed by atoms with van der Waals surface area (Å²) >= 11 is 1.28. The second-order valence-corrected chi connectivity index (χ2v) is 9.55. The summed E-state index contributed by atoms with van der Waals surface area (Å²) in [7, 11) is 0. The average Bonchev–Trinajstić information content (AvgIpc) is 3.24. The Kier molecular flexibility index (Phi) is 8.49. The molecular weight excluding hydrogens is 541 g/mol. The number of nitrogens with zero attached hydrogens (tertiary/aromatic N) is 5. The fraction of sp³-hybridized carbons (Fsp3) is 0.143. The minimum atomic E-state index is -4.76. The summed E-state index contributed by atoms with van der Waals surface area (Å²) in [5, 5.41) is 16.3. The van der Waals surface area contributed by atoms with E-state index in [4.69, 9.17) is 10.7 Å². The molecule has 0 fully saturated rings. The summed E-state index contributed by atoms with van der Waals surface area (Å²) in [5.41, 5.74) is 11.9. The first-order valence-electron chi connectivity index (χ1n) is 11.9. The van der Waals surface area contributed by atoms with E-state index in [0.29, 0.717) is 16.1 Å². The van der Waals surface area contributed by atoms with E-state index >= 15 is 0 Å². The van der Waals surface area contributed by atoms with Crippen molar-refractivity contribution in [1.29, 1.82) is 0 Å². The van der Waals surface area contributed by atoms with Crippen LogP contribution in [0.25, 0.3) is 0 Å². The number of aliphatic imine (C=N–C) groups is 2. The number of hydrogen-bond acceptors (Lipinski definition) is 6. The third-order valence-electron chi connectivity index (χ3n) is 5.51. The normalized spacial score (nSPS) is 13.1. The highest BCUT2D eigenvalue weighted by atomic mass is 32.1. The molecule has 3 N–H and O–H groups in total. The van der Waals surface area contributed by atoms with Crippen molar-refractivity contribution in [3.8, 4) is 11.6 Å². The quantitative estimate of drug-likeness (QED) is 0.204. The molecule has 3 aromatic carbocycles. The van der Waals surface area contributed by atoms with Gasteiger partial charge in [-0.25, -0.2) is 15.0 Å². The molecule has 4 rings (SSSR count). The van der Waals surface area contributed by atoms with Crippen LogP contribution >= 0.6 is 11.3 Å². The van der Waals surface area contributed by atoms with Gasteiger partial charge in [-0.3, -0.25) is 0 Å². The van der Waals surface area contributed by atoms with Crippen molar-refractivity contribution in [3.63, 3.8) is 0 Å². The third-order valence-corrected chi connectivity index (χ3v) is 6.32. The van der Waals surface area contributed by atoms with Gasteiger partial charge in [0.05, 0.1) is 23.0 Å². The average molecular weight is 567 g/mol. The van der Waals surface area contributed by atoms with Crippen molar-refractivity contribution in [2.45, 2.75) is 27.1 Å². The maximum Gasteiger partial charge on any atom is 0.573 e. The first-order chi connectivity index (χ1) is 19.0. The van der Waals surface area contributed by atoms with E-state index in [0.717, 1.165) is 40.1 Å². The van der Waals surface area contributed by atoms with Gasteiger partial charge < -0.3 is 15.6 Å². The van der Waals surface area contributed by atoms with E-state index in [9.17, 15) is 18.3 Å². The largest absolute Gasteiger partial charge is 0.573 e. The van der Waals surface area contributed by atoms with Crippen molar-refractivity contribution in [2.24, 2.45) is 25.8 Å². The number of halogens is 3.